The van der Waals surface area contributed by atoms with Gasteiger partial charge in [0, 0.05) is 12.2 Å². The second kappa shape index (κ2) is 4.78. The standard InChI is InChI=1S/C12H17FN2O/c1-8-6-11(13)12(14-7-8)15-9-2-4-10(16)5-3-9/h6-7,9-10,16H,2-5H2,1H3,(H,14,15). The number of aliphatic hydroxyl groups is 1. The first kappa shape index (κ1) is 11.3. The Bertz CT molecular complexity index is 362. The van der Waals surface area contributed by atoms with Crippen LogP contribution in [0.2, 0.25) is 0 Å². The molecular weight excluding hydrogens is 207 g/mol. The van der Waals surface area contributed by atoms with Crippen LogP contribution >= 0.6 is 0 Å². The minimum absolute atomic E-state index is 0.186. The van der Waals surface area contributed by atoms with Crippen LogP contribution in [0.15, 0.2) is 12.3 Å². The van der Waals surface area contributed by atoms with Gasteiger partial charge in [-0.1, -0.05) is 0 Å². The van der Waals surface area contributed by atoms with Gasteiger partial charge in [0.1, 0.15) is 0 Å². The van der Waals surface area contributed by atoms with Crippen molar-refractivity contribution in [2.75, 3.05) is 5.32 Å². The molecule has 0 bridgehead atoms. The van der Waals surface area contributed by atoms with Crippen LogP contribution < -0.4 is 5.32 Å². The van der Waals surface area contributed by atoms with Crippen molar-refractivity contribution in [3.8, 4) is 0 Å². The maximum absolute atomic E-state index is 13.5. The van der Waals surface area contributed by atoms with Crippen LogP contribution in [0.5, 0.6) is 0 Å². The summed E-state index contributed by atoms with van der Waals surface area (Å²) >= 11 is 0. The molecule has 88 valence electrons. The number of pyridine rings is 1. The molecule has 3 nitrogen and oxygen atoms in total. The second-order valence-electron chi connectivity index (χ2n) is 4.49. The molecule has 0 atom stereocenters. The first-order chi connectivity index (χ1) is 7.65. The summed E-state index contributed by atoms with van der Waals surface area (Å²) in [5.74, 6) is 0.0260. The Morgan fingerprint density at radius 2 is 2.06 bits per heavy atom. The number of hydrogen-bond donors (Lipinski definition) is 2. The van der Waals surface area contributed by atoms with Gasteiger partial charge in [-0.3, -0.25) is 0 Å². The molecule has 1 aromatic rings. The van der Waals surface area contributed by atoms with E-state index >= 15 is 0 Å². The van der Waals surface area contributed by atoms with E-state index in [2.05, 4.69) is 10.3 Å². The van der Waals surface area contributed by atoms with Crippen molar-refractivity contribution in [3.63, 3.8) is 0 Å². The molecular formula is C12H17FN2O. The summed E-state index contributed by atoms with van der Waals surface area (Å²) in [5, 5.41) is 12.5. The molecule has 4 heteroatoms. The molecule has 0 amide bonds. The predicted octanol–water partition coefficient (Wildman–Crippen LogP) is 2.24. The summed E-state index contributed by atoms with van der Waals surface area (Å²) in [7, 11) is 0. The highest BCUT2D eigenvalue weighted by Gasteiger charge is 2.20. The maximum Gasteiger partial charge on any atom is 0.165 e. The van der Waals surface area contributed by atoms with Gasteiger partial charge in [0.15, 0.2) is 11.6 Å². The number of nitrogens with zero attached hydrogens (tertiary/aromatic N) is 1. The van der Waals surface area contributed by atoms with Crippen LogP contribution in [0.4, 0.5) is 10.2 Å². The highest BCUT2D eigenvalue weighted by Crippen LogP contribution is 2.22. The lowest BCUT2D eigenvalue weighted by Gasteiger charge is -2.26. The number of rotatable bonds is 2. The average Bonchev–Trinajstić information content (AvgIpc) is 2.25. The van der Waals surface area contributed by atoms with Crippen molar-refractivity contribution in [2.45, 2.75) is 44.8 Å². The zero-order valence-electron chi connectivity index (χ0n) is 9.41. The van der Waals surface area contributed by atoms with Crippen LogP contribution in [-0.4, -0.2) is 22.2 Å². The first-order valence-corrected chi connectivity index (χ1v) is 5.72. The fraction of sp³-hybridized carbons (Fsp3) is 0.583. The highest BCUT2D eigenvalue weighted by atomic mass is 19.1. The molecule has 1 fully saturated rings. The molecule has 2 N–H and O–H groups in total. The first-order valence-electron chi connectivity index (χ1n) is 5.72. The van der Waals surface area contributed by atoms with E-state index in [0.29, 0.717) is 5.82 Å². The maximum atomic E-state index is 13.5. The van der Waals surface area contributed by atoms with Crippen LogP contribution in [0.25, 0.3) is 0 Å². The fourth-order valence-electron chi connectivity index (χ4n) is 2.05. The van der Waals surface area contributed by atoms with E-state index in [-0.39, 0.29) is 18.0 Å². The van der Waals surface area contributed by atoms with E-state index in [1.165, 1.54) is 6.07 Å². The number of aryl methyl sites for hydroxylation is 1. The lowest BCUT2D eigenvalue weighted by Crippen LogP contribution is -2.28. The van der Waals surface area contributed by atoms with Crippen molar-refractivity contribution < 1.29 is 9.50 Å². The molecule has 1 aromatic heterocycles. The van der Waals surface area contributed by atoms with Crippen LogP contribution in [0.3, 0.4) is 0 Å². The quantitative estimate of drug-likeness (QED) is 0.809. The molecule has 16 heavy (non-hydrogen) atoms. The van der Waals surface area contributed by atoms with Gasteiger partial charge in [0.05, 0.1) is 6.10 Å². The Morgan fingerprint density at radius 1 is 1.38 bits per heavy atom. The lowest BCUT2D eigenvalue weighted by molar-refractivity contribution is 0.126. The number of nitrogens with one attached hydrogen (secondary N) is 1. The molecule has 1 aliphatic carbocycles. The smallest absolute Gasteiger partial charge is 0.165 e. The number of hydrogen-bond acceptors (Lipinski definition) is 3. The van der Waals surface area contributed by atoms with E-state index in [1.54, 1.807) is 6.20 Å². The lowest BCUT2D eigenvalue weighted by atomic mass is 9.93. The molecule has 1 aliphatic rings. The van der Waals surface area contributed by atoms with E-state index in [4.69, 9.17) is 0 Å². The third-order valence-corrected chi connectivity index (χ3v) is 3.02. The Morgan fingerprint density at radius 3 is 2.69 bits per heavy atom. The van der Waals surface area contributed by atoms with Gasteiger partial charge in [-0.05, 0) is 44.2 Å². The van der Waals surface area contributed by atoms with Crippen molar-refractivity contribution >= 4 is 5.82 Å². The van der Waals surface area contributed by atoms with Crippen LogP contribution in [-0.2, 0) is 0 Å². The zero-order chi connectivity index (χ0) is 11.5. The average molecular weight is 224 g/mol. The largest absolute Gasteiger partial charge is 0.393 e. The summed E-state index contributed by atoms with van der Waals surface area (Å²) in [4.78, 5) is 4.04. The van der Waals surface area contributed by atoms with E-state index < -0.39 is 0 Å². The number of aromatic nitrogens is 1. The molecule has 0 aliphatic heterocycles. The molecule has 0 unspecified atom stereocenters. The topological polar surface area (TPSA) is 45.2 Å². The van der Waals surface area contributed by atoms with Crippen LogP contribution in [0, 0.1) is 12.7 Å². The van der Waals surface area contributed by atoms with Crippen molar-refractivity contribution in [2.24, 2.45) is 0 Å². The molecule has 0 spiro atoms. The van der Waals surface area contributed by atoms with E-state index in [1.807, 2.05) is 6.92 Å². The monoisotopic (exact) mass is 224 g/mol. The number of aliphatic hydroxyl groups excluding tert-OH is 1. The molecule has 2 rings (SSSR count). The fourth-order valence-corrected chi connectivity index (χ4v) is 2.05. The summed E-state index contributed by atoms with van der Waals surface area (Å²) in [6.07, 6.45) is 4.78. The summed E-state index contributed by atoms with van der Waals surface area (Å²) in [6.45, 7) is 1.82. The van der Waals surface area contributed by atoms with Crippen LogP contribution in [0.1, 0.15) is 31.2 Å². The Hall–Kier alpha value is -1.16. The molecule has 0 saturated heterocycles. The molecule has 0 aromatic carbocycles. The minimum atomic E-state index is -0.300. The normalized spacial score (nSPS) is 25.4. The SMILES string of the molecule is Cc1cnc(NC2CCC(O)CC2)c(F)c1. The van der Waals surface area contributed by atoms with Gasteiger partial charge in [-0.25, -0.2) is 9.37 Å². The predicted molar refractivity (Wildman–Crippen MR) is 60.8 cm³/mol. The summed E-state index contributed by atoms with van der Waals surface area (Å²) < 4.78 is 13.5. The van der Waals surface area contributed by atoms with Crippen molar-refractivity contribution in [3.05, 3.63) is 23.6 Å². The zero-order valence-corrected chi connectivity index (χ0v) is 9.41. The van der Waals surface area contributed by atoms with E-state index in [0.717, 1.165) is 31.2 Å². The van der Waals surface area contributed by atoms with E-state index in [9.17, 15) is 9.50 Å². The van der Waals surface area contributed by atoms with Crippen molar-refractivity contribution in [1.29, 1.82) is 0 Å². The van der Waals surface area contributed by atoms with Gasteiger partial charge >= 0.3 is 0 Å². The Kier molecular flexibility index (Phi) is 3.39. The van der Waals surface area contributed by atoms with Gasteiger partial charge < -0.3 is 10.4 Å². The molecule has 0 radical (unpaired) electrons. The Labute approximate surface area is 94.7 Å². The second-order valence-corrected chi connectivity index (χ2v) is 4.49. The van der Waals surface area contributed by atoms with Gasteiger partial charge in [0.2, 0.25) is 0 Å². The number of anilines is 1. The van der Waals surface area contributed by atoms with Crippen molar-refractivity contribution in [1.82, 2.24) is 4.98 Å². The summed E-state index contributed by atoms with van der Waals surface area (Å²) in [5.41, 5.74) is 0.821. The Balaban J connectivity index is 1.98. The van der Waals surface area contributed by atoms with Gasteiger partial charge in [-0.15, -0.1) is 0 Å². The molecule has 1 heterocycles. The minimum Gasteiger partial charge on any atom is -0.393 e. The third kappa shape index (κ3) is 2.70. The van der Waals surface area contributed by atoms with Gasteiger partial charge in [-0.2, -0.15) is 0 Å². The molecule has 1 saturated carbocycles. The third-order valence-electron chi connectivity index (χ3n) is 3.02. The summed E-state index contributed by atoms with van der Waals surface area (Å²) in [6, 6.07) is 1.71. The highest BCUT2D eigenvalue weighted by molar-refractivity contribution is 5.38. The van der Waals surface area contributed by atoms with Gasteiger partial charge in [0.25, 0.3) is 0 Å². The number of halogens is 1.